The molecule has 1 aliphatic carbocycles. The van der Waals surface area contributed by atoms with Crippen molar-refractivity contribution in [1.82, 2.24) is 20.2 Å². The Hall–Kier alpha value is -1.52. The molecule has 0 aliphatic heterocycles. The topological polar surface area (TPSA) is 54.2 Å². The van der Waals surface area contributed by atoms with Crippen molar-refractivity contribution in [2.24, 2.45) is 10.9 Å². The Kier molecular flexibility index (Phi) is 4.61. The second-order valence-electron chi connectivity index (χ2n) is 4.84. The van der Waals surface area contributed by atoms with E-state index in [0.717, 1.165) is 37.3 Å². The molecule has 0 bridgehead atoms. The number of nitrogens with one attached hydrogen (secondary N) is 2. The summed E-state index contributed by atoms with van der Waals surface area (Å²) < 4.78 is 2.13. The van der Waals surface area contributed by atoms with E-state index in [1.165, 1.54) is 19.3 Å². The van der Waals surface area contributed by atoms with E-state index in [2.05, 4.69) is 25.2 Å². The van der Waals surface area contributed by atoms with Crippen molar-refractivity contribution in [1.29, 1.82) is 0 Å². The van der Waals surface area contributed by atoms with Crippen molar-refractivity contribution in [2.75, 3.05) is 20.1 Å². The lowest BCUT2D eigenvalue weighted by Gasteiger charge is -2.26. The number of guanidine groups is 1. The van der Waals surface area contributed by atoms with Gasteiger partial charge in [-0.05, 0) is 25.7 Å². The first-order chi connectivity index (χ1) is 8.79. The molecular weight excluding hydrogens is 226 g/mol. The molecule has 0 amide bonds. The van der Waals surface area contributed by atoms with Gasteiger partial charge in [0.15, 0.2) is 5.96 Å². The normalized spacial score (nSPS) is 16.4. The second kappa shape index (κ2) is 6.42. The lowest BCUT2D eigenvalue weighted by molar-refractivity contribution is 0.314. The van der Waals surface area contributed by atoms with Crippen LogP contribution >= 0.6 is 0 Å². The predicted octanol–water partition coefficient (Wildman–Crippen LogP) is 1.16. The first-order valence-electron chi connectivity index (χ1n) is 6.72. The molecule has 0 atom stereocenters. The SMILES string of the molecule is CN=C(NCCn1ccnc1C)NCC1CCC1. The van der Waals surface area contributed by atoms with E-state index in [9.17, 15) is 0 Å². The zero-order chi connectivity index (χ0) is 12.8. The van der Waals surface area contributed by atoms with Gasteiger partial charge in [0.05, 0.1) is 0 Å². The zero-order valence-corrected chi connectivity index (χ0v) is 11.3. The Morgan fingerprint density at radius 1 is 1.50 bits per heavy atom. The van der Waals surface area contributed by atoms with Crippen molar-refractivity contribution in [3.8, 4) is 0 Å². The minimum Gasteiger partial charge on any atom is -0.356 e. The molecule has 0 aromatic carbocycles. The van der Waals surface area contributed by atoms with Gasteiger partial charge in [0.25, 0.3) is 0 Å². The second-order valence-corrected chi connectivity index (χ2v) is 4.84. The number of imidazole rings is 1. The van der Waals surface area contributed by atoms with Crippen LogP contribution in [0.2, 0.25) is 0 Å². The third-order valence-corrected chi connectivity index (χ3v) is 3.58. The van der Waals surface area contributed by atoms with Gasteiger partial charge in [-0.2, -0.15) is 0 Å². The first-order valence-corrected chi connectivity index (χ1v) is 6.72. The fourth-order valence-corrected chi connectivity index (χ4v) is 2.09. The summed E-state index contributed by atoms with van der Waals surface area (Å²) in [6.07, 6.45) is 7.94. The number of hydrogen-bond donors (Lipinski definition) is 2. The molecule has 1 heterocycles. The van der Waals surface area contributed by atoms with Crippen LogP contribution in [0.3, 0.4) is 0 Å². The third kappa shape index (κ3) is 3.48. The first kappa shape index (κ1) is 12.9. The summed E-state index contributed by atoms with van der Waals surface area (Å²) >= 11 is 0. The minimum atomic E-state index is 0.847. The average Bonchev–Trinajstić information content (AvgIpc) is 2.71. The van der Waals surface area contributed by atoms with E-state index in [1.807, 2.05) is 26.4 Å². The summed E-state index contributed by atoms with van der Waals surface area (Å²) in [5, 5.41) is 6.71. The third-order valence-electron chi connectivity index (χ3n) is 3.58. The molecule has 0 saturated heterocycles. The number of aromatic nitrogens is 2. The standard InChI is InChI=1S/C13H23N5/c1-11-15-6-8-18(11)9-7-16-13(14-2)17-10-12-4-3-5-12/h6,8,12H,3-5,7,9-10H2,1-2H3,(H2,14,16,17). The molecule has 0 radical (unpaired) electrons. The molecule has 5 heteroatoms. The van der Waals surface area contributed by atoms with Gasteiger partial charge < -0.3 is 15.2 Å². The van der Waals surface area contributed by atoms with Crippen LogP contribution in [0.4, 0.5) is 0 Å². The maximum Gasteiger partial charge on any atom is 0.191 e. The average molecular weight is 249 g/mol. The molecule has 0 unspecified atom stereocenters. The van der Waals surface area contributed by atoms with E-state index in [-0.39, 0.29) is 0 Å². The number of hydrogen-bond acceptors (Lipinski definition) is 2. The Balaban J connectivity index is 1.65. The van der Waals surface area contributed by atoms with Crippen molar-refractivity contribution in [2.45, 2.75) is 32.7 Å². The maximum atomic E-state index is 4.23. The summed E-state index contributed by atoms with van der Waals surface area (Å²) in [5.41, 5.74) is 0. The number of aryl methyl sites for hydroxylation is 1. The molecule has 1 fully saturated rings. The molecule has 18 heavy (non-hydrogen) atoms. The van der Waals surface area contributed by atoms with Crippen LogP contribution in [0.5, 0.6) is 0 Å². The molecule has 100 valence electrons. The van der Waals surface area contributed by atoms with E-state index in [0.29, 0.717) is 0 Å². The highest BCUT2D eigenvalue weighted by atomic mass is 15.2. The quantitative estimate of drug-likeness (QED) is 0.608. The van der Waals surface area contributed by atoms with Crippen molar-refractivity contribution >= 4 is 5.96 Å². The van der Waals surface area contributed by atoms with Gasteiger partial charge in [-0.15, -0.1) is 0 Å². The number of rotatable bonds is 5. The Morgan fingerprint density at radius 2 is 2.33 bits per heavy atom. The lowest BCUT2D eigenvalue weighted by Crippen LogP contribution is -2.42. The van der Waals surface area contributed by atoms with Crippen LogP contribution in [-0.2, 0) is 6.54 Å². The maximum absolute atomic E-state index is 4.23. The van der Waals surface area contributed by atoms with Crippen molar-refractivity contribution in [3.63, 3.8) is 0 Å². The van der Waals surface area contributed by atoms with E-state index >= 15 is 0 Å². The van der Waals surface area contributed by atoms with Gasteiger partial charge in [-0.3, -0.25) is 4.99 Å². The molecule has 2 rings (SSSR count). The molecule has 1 aromatic rings. The summed E-state index contributed by atoms with van der Waals surface area (Å²) in [5.74, 6) is 2.80. The van der Waals surface area contributed by atoms with Gasteiger partial charge in [0.1, 0.15) is 5.82 Å². The summed E-state index contributed by atoms with van der Waals surface area (Å²) in [7, 11) is 1.82. The summed E-state index contributed by atoms with van der Waals surface area (Å²) in [4.78, 5) is 8.43. The summed E-state index contributed by atoms with van der Waals surface area (Å²) in [6.45, 7) is 4.84. The fourth-order valence-electron chi connectivity index (χ4n) is 2.09. The van der Waals surface area contributed by atoms with Crippen LogP contribution in [-0.4, -0.2) is 35.6 Å². The highest BCUT2D eigenvalue weighted by Gasteiger charge is 2.17. The van der Waals surface area contributed by atoms with Gasteiger partial charge >= 0.3 is 0 Å². The van der Waals surface area contributed by atoms with Crippen LogP contribution in [0, 0.1) is 12.8 Å². The van der Waals surface area contributed by atoms with Gasteiger partial charge in [0, 0.05) is 39.1 Å². The van der Waals surface area contributed by atoms with E-state index in [4.69, 9.17) is 0 Å². The fraction of sp³-hybridized carbons (Fsp3) is 0.692. The van der Waals surface area contributed by atoms with Crippen LogP contribution in [0.15, 0.2) is 17.4 Å². The van der Waals surface area contributed by atoms with Gasteiger partial charge in [-0.1, -0.05) is 6.42 Å². The number of nitrogens with zero attached hydrogens (tertiary/aromatic N) is 3. The molecular formula is C13H23N5. The van der Waals surface area contributed by atoms with Crippen LogP contribution in [0.1, 0.15) is 25.1 Å². The minimum absolute atomic E-state index is 0.847. The molecule has 1 aliphatic rings. The highest BCUT2D eigenvalue weighted by molar-refractivity contribution is 5.79. The van der Waals surface area contributed by atoms with Crippen molar-refractivity contribution in [3.05, 3.63) is 18.2 Å². The van der Waals surface area contributed by atoms with E-state index < -0.39 is 0 Å². The van der Waals surface area contributed by atoms with Crippen LogP contribution in [0.25, 0.3) is 0 Å². The Labute approximate surface area is 109 Å². The molecule has 1 saturated carbocycles. The van der Waals surface area contributed by atoms with Gasteiger partial charge in [-0.25, -0.2) is 4.98 Å². The number of aliphatic imine (C=N–C) groups is 1. The summed E-state index contributed by atoms with van der Waals surface area (Å²) in [6, 6.07) is 0. The zero-order valence-electron chi connectivity index (χ0n) is 11.3. The monoisotopic (exact) mass is 249 g/mol. The Bertz CT molecular complexity index is 392. The van der Waals surface area contributed by atoms with Crippen molar-refractivity contribution < 1.29 is 0 Å². The molecule has 5 nitrogen and oxygen atoms in total. The lowest BCUT2D eigenvalue weighted by atomic mass is 9.85. The largest absolute Gasteiger partial charge is 0.356 e. The highest BCUT2D eigenvalue weighted by Crippen LogP contribution is 2.24. The van der Waals surface area contributed by atoms with Crippen LogP contribution < -0.4 is 10.6 Å². The molecule has 0 spiro atoms. The molecule has 1 aromatic heterocycles. The Morgan fingerprint density at radius 3 is 2.89 bits per heavy atom. The van der Waals surface area contributed by atoms with Gasteiger partial charge in [0.2, 0.25) is 0 Å². The van der Waals surface area contributed by atoms with E-state index in [1.54, 1.807) is 0 Å². The molecule has 2 N–H and O–H groups in total. The predicted molar refractivity (Wildman–Crippen MR) is 73.7 cm³/mol. The smallest absolute Gasteiger partial charge is 0.191 e.